The van der Waals surface area contributed by atoms with Gasteiger partial charge in [0.2, 0.25) is 5.69 Å². The van der Waals surface area contributed by atoms with E-state index in [1.54, 1.807) is 44.6 Å². The zero-order chi connectivity index (χ0) is 54.9. The highest BCUT2D eigenvalue weighted by molar-refractivity contribution is 7.86. The summed E-state index contributed by atoms with van der Waals surface area (Å²) in [6.07, 6.45) is 9.40. The third kappa shape index (κ3) is 17.1. The highest BCUT2D eigenvalue weighted by Gasteiger charge is 2.48. The van der Waals surface area contributed by atoms with Crippen LogP contribution >= 0.6 is 0 Å². The number of amides is 2. The van der Waals surface area contributed by atoms with E-state index in [2.05, 4.69) is 0 Å². The number of fused-ring (bicyclic) bond motifs is 2. The fourth-order valence-electron chi connectivity index (χ4n) is 8.94. The van der Waals surface area contributed by atoms with Crippen LogP contribution in [0.1, 0.15) is 63.5 Å². The van der Waals surface area contributed by atoms with E-state index in [0.717, 1.165) is 5.70 Å². The van der Waals surface area contributed by atoms with Gasteiger partial charge in [-0.3, -0.25) is 23.2 Å². The van der Waals surface area contributed by atoms with Crippen molar-refractivity contribution in [2.24, 2.45) is 0 Å². The van der Waals surface area contributed by atoms with Gasteiger partial charge in [0.05, 0.1) is 93.4 Å². The van der Waals surface area contributed by atoms with Gasteiger partial charge in [-0.15, -0.1) is 5.06 Å². The van der Waals surface area contributed by atoms with Crippen molar-refractivity contribution in [2.75, 3.05) is 117 Å². The predicted molar refractivity (Wildman–Crippen MR) is 271 cm³/mol. The molecular weight excluding hydrogens is 1050 g/mol. The van der Waals surface area contributed by atoms with Crippen molar-refractivity contribution in [1.29, 1.82) is 0 Å². The van der Waals surface area contributed by atoms with Crippen LogP contribution in [0.5, 0.6) is 0 Å². The normalized spacial score (nSPS) is 19.7. The second kappa shape index (κ2) is 28.0. The van der Waals surface area contributed by atoms with Crippen molar-refractivity contribution in [1.82, 2.24) is 5.06 Å². The number of hydroxylamine groups is 2. The molecule has 416 valence electrons. The molecule has 3 N–H and O–H groups in total. The van der Waals surface area contributed by atoms with Gasteiger partial charge < -0.3 is 42.9 Å². The summed E-state index contributed by atoms with van der Waals surface area (Å²) in [6, 6.07) is 8.62. The van der Waals surface area contributed by atoms with E-state index in [0.29, 0.717) is 66.1 Å². The first-order valence-electron chi connectivity index (χ1n) is 24.2. The molecule has 0 radical (unpaired) electrons. The van der Waals surface area contributed by atoms with Crippen LogP contribution in [0.25, 0.3) is 0 Å². The molecule has 2 aromatic carbocycles. The van der Waals surface area contributed by atoms with Gasteiger partial charge in [-0.1, -0.05) is 18.2 Å². The summed E-state index contributed by atoms with van der Waals surface area (Å²) in [7, 11) is -10.4. The molecule has 0 spiro atoms. The van der Waals surface area contributed by atoms with Gasteiger partial charge >= 0.3 is 5.97 Å². The number of ether oxygens (including phenoxy) is 7. The molecule has 23 nitrogen and oxygen atoms in total. The van der Waals surface area contributed by atoms with Crippen LogP contribution in [0.4, 0.5) is 11.4 Å². The monoisotopic (exact) mass is 1110 g/mol. The van der Waals surface area contributed by atoms with Gasteiger partial charge in [0.1, 0.15) is 6.61 Å². The minimum absolute atomic E-state index is 0.00396. The molecule has 0 aliphatic carbocycles. The highest BCUT2D eigenvalue weighted by Crippen LogP contribution is 2.51. The first-order chi connectivity index (χ1) is 35.5. The molecule has 3 heterocycles. The summed E-state index contributed by atoms with van der Waals surface area (Å²) >= 11 is 0. The maximum atomic E-state index is 12.4. The molecule has 1 fully saturated rings. The lowest BCUT2D eigenvalue weighted by Crippen LogP contribution is -2.32. The molecule has 3 aliphatic rings. The Balaban J connectivity index is 1.34. The number of carbonyl (C=O) groups excluding carboxylic acids is 3. The molecule has 0 bridgehead atoms. The van der Waals surface area contributed by atoms with Crippen molar-refractivity contribution in [2.45, 2.75) is 73.0 Å². The van der Waals surface area contributed by atoms with E-state index in [1.165, 1.54) is 24.3 Å². The van der Waals surface area contributed by atoms with Crippen LogP contribution < -0.4 is 4.90 Å². The average molecular weight is 1120 g/mol. The topological polar surface area (TPSA) is 298 Å². The Morgan fingerprint density at radius 2 is 1.23 bits per heavy atom. The molecule has 5 rings (SSSR count). The van der Waals surface area contributed by atoms with Gasteiger partial charge in [-0.2, -0.15) is 29.8 Å². The zero-order valence-corrected chi connectivity index (χ0v) is 45.0. The second-order valence-corrected chi connectivity index (χ2v) is 22.4. The maximum absolute atomic E-state index is 12.4. The predicted octanol–water partition coefficient (Wildman–Crippen LogP) is 3.74. The van der Waals surface area contributed by atoms with Crippen molar-refractivity contribution in [3.8, 4) is 0 Å². The largest absolute Gasteiger partial charge is 0.385 e. The molecule has 2 amide bonds. The van der Waals surface area contributed by atoms with Gasteiger partial charge in [-0.05, 0) is 75.1 Å². The van der Waals surface area contributed by atoms with Crippen LogP contribution in [-0.2, 0) is 93.6 Å². The minimum atomic E-state index is -4.63. The summed E-state index contributed by atoms with van der Waals surface area (Å²) < 4.78 is 144. The average Bonchev–Trinajstić information content (AvgIpc) is 3.88. The number of hydrogen-bond donors (Lipinski definition) is 3. The maximum Gasteiger partial charge on any atom is 0.335 e. The Hall–Kier alpha value is -4.81. The molecule has 26 heteroatoms. The standard InChI is InChI=1S/C49H67N3O20S3/c1-48(18-8-34-73(56,57)58)39-35-37(74(59,60)61)11-13-41(39)50(20-24-68-29-32-70-27-26-66-4)43(48)9-6-5-7-10-44-49(2,19-23-65-3)40-36-38(75(62,63)64)12-14-42(40)51(44)21-25-69-30-33-71-31-28-67-22-17-47(55)72-52-45(53)15-16-46(52)54/h5-7,9-14,35-36H,8,15-34H2,1-4H3,(H2-,56,57,58,59,60,61,62,63,64)/p+1. The molecule has 75 heavy (non-hydrogen) atoms. The van der Waals surface area contributed by atoms with Crippen LogP contribution in [0.2, 0.25) is 0 Å². The van der Waals surface area contributed by atoms with Gasteiger partial charge in [0.25, 0.3) is 42.2 Å². The molecular formula is C49H68N3O20S3+. The summed E-state index contributed by atoms with van der Waals surface area (Å²) in [6.45, 7) is 7.25. The number of carbonyl (C=O) groups is 3. The molecule has 0 aromatic heterocycles. The van der Waals surface area contributed by atoms with E-state index in [9.17, 15) is 53.3 Å². The van der Waals surface area contributed by atoms with Crippen LogP contribution in [-0.4, -0.2) is 184 Å². The highest BCUT2D eigenvalue weighted by atomic mass is 32.2. The van der Waals surface area contributed by atoms with Crippen molar-refractivity contribution in [3.05, 3.63) is 83.6 Å². The minimum Gasteiger partial charge on any atom is -0.385 e. The molecule has 2 aromatic rings. The first kappa shape index (κ1) is 61.0. The van der Waals surface area contributed by atoms with E-state index in [4.69, 9.17) is 38.0 Å². The quantitative estimate of drug-likeness (QED) is 0.0296. The Bertz CT molecular complexity index is 2780. The molecule has 2 unspecified atom stereocenters. The number of nitrogens with zero attached hydrogens (tertiary/aromatic N) is 3. The van der Waals surface area contributed by atoms with E-state index < -0.39 is 64.7 Å². The van der Waals surface area contributed by atoms with Crippen molar-refractivity contribution >= 4 is 65.2 Å². The number of benzene rings is 2. The summed E-state index contributed by atoms with van der Waals surface area (Å²) in [5.41, 5.74) is 1.96. The van der Waals surface area contributed by atoms with E-state index >= 15 is 0 Å². The second-order valence-electron chi connectivity index (χ2n) is 17.9. The number of anilines is 1. The number of imide groups is 1. The number of rotatable bonds is 34. The number of methoxy groups -OCH3 is 2. The lowest BCUT2D eigenvalue weighted by molar-refractivity contribution is -0.442. The molecule has 1 saturated heterocycles. The third-order valence-corrected chi connectivity index (χ3v) is 15.2. The van der Waals surface area contributed by atoms with Crippen LogP contribution in [0, 0.1) is 0 Å². The van der Waals surface area contributed by atoms with Gasteiger partial charge in [0, 0.05) is 74.7 Å². The number of allylic oxidation sites excluding steroid dienone is 6. The lowest BCUT2D eigenvalue weighted by Gasteiger charge is -2.30. The zero-order valence-electron chi connectivity index (χ0n) is 42.5. The fraction of sp³-hybridized carbons (Fsp3) is 0.551. The molecule has 2 atom stereocenters. The van der Waals surface area contributed by atoms with Gasteiger partial charge in [-0.25, -0.2) is 4.79 Å². The fourth-order valence-corrected chi connectivity index (χ4v) is 10.5. The third-order valence-electron chi connectivity index (χ3n) is 12.7. The van der Waals surface area contributed by atoms with Crippen molar-refractivity contribution < 1.29 is 95.9 Å². The molecule has 3 aliphatic heterocycles. The Labute approximate surface area is 438 Å². The number of hydrogen-bond acceptors (Lipinski definition) is 18. The Morgan fingerprint density at radius 3 is 1.83 bits per heavy atom. The van der Waals surface area contributed by atoms with Crippen molar-refractivity contribution in [3.63, 3.8) is 0 Å². The SMILES string of the molecule is COCCOCCOCC[N+]1=C(C=CC=CC=C2N(CCOCCOCCOCCC(=O)ON3C(=O)CCC3=O)c3ccc(S(=O)(=O)O)cc3C2(C)CCOC)C(C)(CCCS(=O)(=O)O)c2cc(S(=O)(=O)O)ccc21. The Kier molecular flexibility index (Phi) is 22.8. The Morgan fingerprint density at radius 1 is 0.667 bits per heavy atom. The first-order valence-corrected chi connectivity index (χ1v) is 28.6. The smallest absolute Gasteiger partial charge is 0.335 e. The molecule has 0 saturated carbocycles. The lowest BCUT2D eigenvalue weighted by atomic mass is 9.76. The van der Waals surface area contributed by atoms with Crippen LogP contribution in [0.15, 0.2) is 82.3 Å². The van der Waals surface area contributed by atoms with Crippen LogP contribution in [0.3, 0.4) is 0 Å². The van der Waals surface area contributed by atoms with Gasteiger partial charge in [0.15, 0.2) is 12.3 Å². The summed E-state index contributed by atoms with van der Waals surface area (Å²) in [5, 5.41) is 0.479. The summed E-state index contributed by atoms with van der Waals surface area (Å²) in [4.78, 5) is 41.4. The van der Waals surface area contributed by atoms with E-state index in [-0.39, 0.29) is 108 Å². The summed E-state index contributed by atoms with van der Waals surface area (Å²) in [5.74, 6) is -2.46. The van der Waals surface area contributed by atoms with E-state index in [1.807, 2.05) is 35.5 Å².